The van der Waals surface area contributed by atoms with E-state index < -0.39 is 0 Å². The van der Waals surface area contributed by atoms with E-state index in [0.29, 0.717) is 6.04 Å². The van der Waals surface area contributed by atoms with Crippen molar-refractivity contribution in [1.82, 2.24) is 15.1 Å². The van der Waals surface area contributed by atoms with Gasteiger partial charge in [0.05, 0.1) is 6.20 Å². The molecule has 1 aliphatic heterocycles. The van der Waals surface area contributed by atoms with Gasteiger partial charge in [0.25, 0.3) is 0 Å². The molecule has 1 aliphatic carbocycles. The lowest BCUT2D eigenvalue weighted by Gasteiger charge is -2.13. The maximum atomic E-state index is 4.29. The molecule has 1 aromatic rings. The van der Waals surface area contributed by atoms with E-state index in [1.807, 2.05) is 10.9 Å². The first-order chi connectivity index (χ1) is 8.36. The third-order valence-electron chi connectivity index (χ3n) is 4.27. The summed E-state index contributed by atoms with van der Waals surface area (Å²) in [6.45, 7) is 4.27. The van der Waals surface area contributed by atoms with Crippen LogP contribution >= 0.6 is 0 Å². The standard InChI is InChI=1S/C14H21N3/c1-2-17-10-11(8-16-17)6-7-14-13-5-3-4-12(13)9-15-14/h6-8,10,12-15H,2-5,9H2,1H3/b7-6+. The fourth-order valence-electron chi connectivity index (χ4n) is 3.29. The molecule has 1 saturated carbocycles. The van der Waals surface area contributed by atoms with Gasteiger partial charge in [-0.25, -0.2) is 0 Å². The van der Waals surface area contributed by atoms with Crippen LogP contribution in [0.15, 0.2) is 18.5 Å². The van der Waals surface area contributed by atoms with E-state index >= 15 is 0 Å². The summed E-state index contributed by atoms with van der Waals surface area (Å²) in [6.07, 6.45) is 12.9. The highest BCUT2D eigenvalue weighted by atomic mass is 15.3. The van der Waals surface area contributed by atoms with Crippen LogP contribution in [0.4, 0.5) is 0 Å². The molecule has 0 spiro atoms. The predicted octanol–water partition coefficient (Wildman–Crippen LogP) is 2.30. The molecule has 2 aliphatic rings. The minimum atomic E-state index is 0.590. The number of aromatic nitrogens is 2. The number of nitrogens with one attached hydrogen (secondary N) is 1. The van der Waals surface area contributed by atoms with Gasteiger partial charge in [0, 0.05) is 24.3 Å². The van der Waals surface area contributed by atoms with Gasteiger partial charge in [0.2, 0.25) is 0 Å². The Morgan fingerprint density at radius 2 is 2.47 bits per heavy atom. The van der Waals surface area contributed by atoms with Crippen molar-refractivity contribution < 1.29 is 0 Å². The van der Waals surface area contributed by atoms with E-state index in [2.05, 4.69) is 35.7 Å². The lowest BCUT2D eigenvalue weighted by Crippen LogP contribution is -2.23. The van der Waals surface area contributed by atoms with Crippen LogP contribution in [-0.2, 0) is 6.54 Å². The number of rotatable bonds is 3. The molecule has 3 rings (SSSR count). The van der Waals surface area contributed by atoms with E-state index in [9.17, 15) is 0 Å². The molecule has 0 bridgehead atoms. The molecule has 3 nitrogen and oxygen atoms in total. The van der Waals surface area contributed by atoms with E-state index in [1.54, 1.807) is 0 Å². The summed E-state index contributed by atoms with van der Waals surface area (Å²) in [4.78, 5) is 0. The molecule has 0 aromatic carbocycles. The molecule has 1 N–H and O–H groups in total. The lowest BCUT2D eigenvalue weighted by molar-refractivity contribution is 0.456. The van der Waals surface area contributed by atoms with Crippen molar-refractivity contribution in [2.24, 2.45) is 11.8 Å². The SMILES string of the molecule is CCn1cc(/C=C/C2NCC3CCCC32)cn1. The molecule has 3 unspecified atom stereocenters. The fourth-order valence-corrected chi connectivity index (χ4v) is 3.29. The van der Waals surface area contributed by atoms with Crippen LogP contribution in [0.2, 0.25) is 0 Å². The topological polar surface area (TPSA) is 29.9 Å². The Kier molecular flexibility index (Phi) is 3.02. The third-order valence-corrected chi connectivity index (χ3v) is 4.27. The van der Waals surface area contributed by atoms with Gasteiger partial charge in [0.1, 0.15) is 0 Å². The second kappa shape index (κ2) is 4.65. The number of fused-ring (bicyclic) bond motifs is 1. The van der Waals surface area contributed by atoms with Crippen LogP contribution in [-0.4, -0.2) is 22.4 Å². The summed E-state index contributed by atoms with van der Waals surface area (Å²) < 4.78 is 1.97. The van der Waals surface area contributed by atoms with E-state index in [4.69, 9.17) is 0 Å². The number of nitrogens with zero attached hydrogens (tertiary/aromatic N) is 2. The molecule has 3 atom stereocenters. The van der Waals surface area contributed by atoms with Crippen LogP contribution in [0.25, 0.3) is 6.08 Å². The first-order valence-corrected chi connectivity index (χ1v) is 6.81. The second-order valence-corrected chi connectivity index (χ2v) is 5.28. The van der Waals surface area contributed by atoms with Crippen molar-refractivity contribution in [3.8, 4) is 0 Å². The van der Waals surface area contributed by atoms with E-state index in [0.717, 1.165) is 18.4 Å². The van der Waals surface area contributed by atoms with Gasteiger partial charge in [-0.15, -0.1) is 0 Å². The van der Waals surface area contributed by atoms with Crippen LogP contribution in [0.5, 0.6) is 0 Å². The van der Waals surface area contributed by atoms with Crippen LogP contribution in [0.3, 0.4) is 0 Å². The van der Waals surface area contributed by atoms with Gasteiger partial charge in [-0.1, -0.05) is 18.6 Å². The summed E-state index contributed by atoms with van der Waals surface area (Å²) in [6, 6.07) is 0.590. The average Bonchev–Trinajstić information content (AvgIpc) is 3.03. The zero-order valence-corrected chi connectivity index (χ0v) is 10.5. The molecular weight excluding hydrogens is 210 g/mol. The molecule has 0 radical (unpaired) electrons. The molecule has 0 amide bonds. The first kappa shape index (κ1) is 11.0. The van der Waals surface area contributed by atoms with Gasteiger partial charge in [-0.3, -0.25) is 4.68 Å². The van der Waals surface area contributed by atoms with Gasteiger partial charge in [-0.05, 0) is 38.1 Å². The predicted molar refractivity (Wildman–Crippen MR) is 69.6 cm³/mol. The van der Waals surface area contributed by atoms with Crippen LogP contribution in [0, 0.1) is 11.8 Å². The molecule has 2 heterocycles. The highest BCUT2D eigenvalue weighted by Crippen LogP contribution is 2.38. The zero-order valence-electron chi connectivity index (χ0n) is 10.5. The van der Waals surface area contributed by atoms with Crippen LogP contribution in [0.1, 0.15) is 31.7 Å². The first-order valence-electron chi connectivity index (χ1n) is 6.81. The fraction of sp³-hybridized carbons (Fsp3) is 0.643. The average molecular weight is 231 g/mol. The Hall–Kier alpha value is -1.09. The molecule has 2 fully saturated rings. The maximum absolute atomic E-state index is 4.29. The second-order valence-electron chi connectivity index (χ2n) is 5.28. The van der Waals surface area contributed by atoms with Crippen molar-refractivity contribution in [2.45, 2.75) is 38.8 Å². The largest absolute Gasteiger partial charge is 0.310 e. The van der Waals surface area contributed by atoms with Crippen molar-refractivity contribution in [3.63, 3.8) is 0 Å². The number of hydrogen-bond acceptors (Lipinski definition) is 2. The van der Waals surface area contributed by atoms with Gasteiger partial charge in [0.15, 0.2) is 0 Å². The Morgan fingerprint density at radius 3 is 3.29 bits per heavy atom. The van der Waals surface area contributed by atoms with Crippen molar-refractivity contribution in [3.05, 3.63) is 24.0 Å². The summed E-state index contributed by atoms with van der Waals surface area (Å²) in [5.74, 6) is 1.82. The number of hydrogen-bond donors (Lipinski definition) is 1. The monoisotopic (exact) mass is 231 g/mol. The smallest absolute Gasteiger partial charge is 0.0562 e. The summed E-state index contributed by atoms with van der Waals surface area (Å²) in [5.41, 5.74) is 1.22. The van der Waals surface area contributed by atoms with E-state index in [1.165, 1.54) is 31.4 Å². The summed E-state index contributed by atoms with van der Waals surface area (Å²) in [5, 5.41) is 7.93. The lowest BCUT2D eigenvalue weighted by atomic mass is 9.94. The van der Waals surface area contributed by atoms with Crippen molar-refractivity contribution in [1.29, 1.82) is 0 Å². The molecule has 17 heavy (non-hydrogen) atoms. The Bertz CT molecular complexity index is 407. The Morgan fingerprint density at radius 1 is 1.53 bits per heavy atom. The summed E-state index contributed by atoms with van der Waals surface area (Å²) in [7, 11) is 0. The minimum absolute atomic E-state index is 0.590. The maximum Gasteiger partial charge on any atom is 0.0562 e. The Labute approximate surface area is 103 Å². The minimum Gasteiger partial charge on any atom is -0.310 e. The highest BCUT2D eigenvalue weighted by Gasteiger charge is 2.37. The molecule has 92 valence electrons. The van der Waals surface area contributed by atoms with E-state index in [-0.39, 0.29) is 0 Å². The zero-order chi connectivity index (χ0) is 11.7. The Balaban J connectivity index is 1.66. The van der Waals surface area contributed by atoms with Gasteiger partial charge >= 0.3 is 0 Å². The molecule has 1 saturated heterocycles. The number of aryl methyl sites for hydroxylation is 1. The van der Waals surface area contributed by atoms with Crippen molar-refractivity contribution >= 4 is 6.08 Å². The summed E-state index contributed by atoms with van der Waals surface area (Å²) >= 11 is 0. The quantitative estimate of drug-likeness (QED) is 0.865. The van der Waals surface area contributed by atoms with Crippen LogP contribution < -0.4 is 5.32 Å². The molecular formula is C14H21N3. The molecule has 1 aromatic heterocycles. The van der Waals surface area contributed by atoms with Gasteiger partial charge in [-0.2, -0.15) is 5.10 Å². The third kappa shape index (κ3) is 2.16. The normalized spacial score (nSPS) is 32.4. The highest BCUT2D eigenvalue weighted by molar-refractivity contribution is 5.47. The van der Waals surface area contributed by atoms with Gasteiger partial charge < -0.3 is 5.32 Å². The van der Waals surface area contributed by atoms with Crippen molar-refractivity contribution in [2.75, 3.05) is 6.54 Å². The molecule has 3 heteroatoms.